The number of hydrogen-bond acceptors (Lipinski definition) is 3. The maximum atomic E-state index is 10.8. The van der Waals surface area contributed by atoms with Crippen LogP contribution in [-0.2, 0) is 6.54 Å². The summed E-state index contributed by atoms with van der Waals surface area (Å²) < 4.78 is 1.30. The zero-order valence-electron chi connectivity index (χ0n) is 8.48. The second kappa shape index (κ2) is 3.32. The Kier molecular flexibility index (Phi) is 2.51. The molecule has 14 heavy (non-hydrogen) atoms. The molecule has 0 bridgehead atoms. The molecular weight excluding hydrogens is 184 g/mol. The van der Waals surface area contributed by atoms with Crippen LogP contribution in [0.25, 0.3) is 0 Å². The van der Waals surface area contributed by atoms with Crippen molar-refractivity contribution in [3.8, 4) is 5.75 Å². The number of carbonyl (C=O) groups is 1. The Hall–Kier alpha value is -1.52. The van der Waals surface area contributed by atoms with Crippen LogP contribution in [0.2, 0.25) is 0 Å². The highest BCUT2D eigenvalue weighted by Crippen LogP contribution is 2.21. The monoisotopic (exact) mass is 198 g/mol. The predicted octanol–water partition coefficient (Wildman–Crippen LogP) is 1.33. The van der Waals surface area contributed by atoms with E-state index >= 15 is 0 Å². The fourth-order valence-electron chi connectivity index (χ4n) is 1.16. The van der Waals surface area contributed by atoms with Crippen LogP contribution in [0.15, 0.2) is 6.20 Å². The van der Waals surface area contributed by atoms with Crippen LogP contribution in [0.1, 0.15) is 31.3 Å². The van der Waals surface area contributed by atoms with Gasteiger partial charge in [0.25, 0.3) is 0 Å². The number of hydrogen-bond donors (Lipinski definition) is 2. The number of aromatic hydroxyl groups is 1. The van der Waals surface area contributed by atoms with Crippen molar-refractivity contribution in [2.45, 2.75) is 27.3 Å². The van der Waals surface area contributed by atoms with Gasteiger partial charge in [-0.3, -0.25) is 4.68 Å². The minimum absolute atomic E-state index is 0.0807. The van der Waals surface area contributed by atoms with E-state index in [1.54, 1.807) is 0 Å². The number of nitrogens with zero attached hydrogens (tertiary/aromatic N) is 2. The van der Waals surface area contributed by atoms with Gasteiger partial charge >= 0.3 is 5.97 Å². The highest BCUT2D eigenvalue weighted by atomic mass is 16.4. The summed E-state index contributed by atoms with van der Waals surface area (Å²) in [5.74, 6) is -1.45. The fourth-order valence-corrected chi connectivity index (χ4v) is 1.16. The summed E-state index contributed by atoms with van der Waals surface area (Å²) in [6.45, 7) is 6.36. The molecule has 0 radical (unpaired) electrons. The lowest BCUT2D eigenvalue weighted by Gasteiger charge is -2.18. The van der Waals surface area contributed by atoms with E-state index in [-0.39, 0.29) is 16.9 Å². The smallest absolute Gasteiger partial charge is 0.358 e. The minimum Gasteiger partial charge on any atom is -0.504 e. The molecule has 0 aromatic carbocycles. The molecular formula is C9H14N2O3. The van der Waals surface area contributed by atoms with Gasteiger partial charge in [-0.05, 0) is 5.41 Å². The summed E-state index contributed by atoms with van der Waals surface area (Å²) in [7, 11) is 0. The molecule has 1 aromatic heterocycles. The van der Waals surface area contributed by atoms with Crippen molar-refractivity contribution in [2.75, 3.05) is 0 Å². The standard InChI is InChI=1S/C9H14N2O3/c1-9(2,3)5-11-7(8(13)14)6(12)4-10-11/h4,12H,5H2,1-3H3,(H,13,14). The van der Waals surface area contributed by atoms with Gasteiger partial charge in [-0.15, -0.1) is 0 Å². The lowest BCUT2D eigenvalue weighted by atomic mass is 9.97. The molecule has 78 valence electrons. The maximum absolute atomic E-state index is 10.8. The quantitative estimate of drug-likeness (QED) is 0.751. The van der Waals surface area contributed by atoms with Crippen LogP contribution in [0.4, 0.5) is 0 Å². The average molecular weight is 198 g/mol. The van der Waals surface area contributed by atoms with Gasteiger partial charge in [0.2, 0.25) is 0 Å². The molecule has 0 spiro atoms. The Morgan fingerprint density at radius 1 is 1.57 bits per heavy atom. The van der Waals surface area contributed by atoms with E-state index in [2.05, 4.69) is 5.10 Å². The first kappa shape index (κ1) is 10.6. The normalized spacial score (nSPS) is 11.6. The fraction of sp³-hybridized carbons (Fsp3) is 0.556. The summed E-state index contributed by atoms with van der Waals surface area (Å²) in [5.41, 5.74) is -0.234. The van der Waals surface area contributed by atoms with Crippen molar-refractivity contribution in [3.05, 3.63) is 11.9 Å². The first-order valence-electron chi connectivity index (χ1n) is 4.29. The van der Waals surface area contributed by atoms with Gasteiger partial charge in [0.15, 0.2) is 11.4 Å². The Balaban J connectivity index is 3.04. The molecule has 0 aliphatic carbocycles. The van der Waals surface area contributed by atoms with Crippen LogP contribution < -0.4 is 0 Å². The van der Waals surface area contributed by atoms with Gasteiger partial charge < -0.3 is 10.2 Å². The lowest BCUT2D eigenvalue weighted by molar-refractivity contribution is 0.0677. The van der Waals surface area contributed by atoms with Crippen molar-refractivity contribution in [2.24, 2.45) is 5.41 Å². The molecule has 0 amide bonds. The van der Waals surface area contributed by atoms with E-state index in [9.17, 15) is 9.90 Å². The molecule has 0 atom stereocenters. The van der Waals surface area contributed by atoms with Crippen molar-refractivity contribution in [1.29, 1.82) is 0 Å². The molecule has 0 unspecified atom stereocenters. The first-order chi connectivity index (χ1) is 6.31. The van der Waals surface area contributed by atoms with Gasteiger partial charge in [0.1, 0.15) is 0 Å². The third-order valence-corrected chi connectivity index (χ3v) is 1.65. The molecule has 1 heterocycles. The van der Waals surface area contributed by atoms with E-state index in [1.807, 2.05) is 20.8 Å². The third kappa shape index (κ3) is 2.25. The minimum atomic E-state index is -1.16. The molecule has 5 heteroatoms. The average Bonchev–Trinajstić information content (AvgIpc) is 2.27. The lowest BCUT2D eigenvalue weighted by Crippen LogP contribution is -2.20. The summed E-state index contributed by atoms with van der Waals surface area (Å²) in [6.07, 6.45) is 1.15. The molecule has 2 N–H and O–H groups in total. The molecule has 0 saturated heterocycles. The van der Waals surface area contributed by atoms with E-state index < -0.39 is 5.97 Å². The van der Waals surface area contributed by atoms with Crippen LogP contribution in [-0.4, -0.2) is 26.0 Å². The Bertz CT molecular complexity index is 349. The number of aromatic carboxylic acids is 1. The van der Waals surface area contributed by atoms with Crippen LogP contribution in [0.3, 0.4) is 0 Å². The van der Waals surface area contributed by atoms with E-state index in [1.165, 1.54) is 4.68 Å². The summed E-state index contributed by atoms with van der Waals surface area (Å²) >= 11 is 0. The number of carboxylic acid groups (broad SMARTS) is 1. The highest BCUT2D eigenvalue weighted by molar-refractivity contribution is 5.88. The molecule has 0 fully saturated rings. The Morgan fingerprint density at radius 3 is 2.57 bits per heavy atom. The highest BCUT2D eigenvalue weighted by Gasteiger charge is 2.21. The molecule has 5 nitrogen and oxygen atoms in total. The van der Waals surface area contributed by atoms with Crippen molar-refractivity contribution >= 4 is 5.97 Å². The summed E-state index contributed by atoms with van der Waals surface area (Å²) in [4.78, 5) is 10.8. The van der Waals surface area contributed by atoms with Gasteiger partial charge in [0.05, 0.1) is 6.20 Å². The largest absolute Gasteiger partial charge is 0.504 e. The topological polar surface area (TPSA) is 75.3 Å². The maximum Gasteiger partial charge on any atom is 0.358 e. The van der Waals surface area contributed by atoms with Gasteiger partial charge in [-0.25, -0.2) is 4.79 Å². The summed E-state index contributed by atoms with van der Waals surface area (Å²) in [6, 6.07) is 0. The Labute approximate surface area is 82.0 Å². The SMILES string of the molecule is CC(C)(C)Cn1ncc(O)c1C(=O)O. The van der Waals surface area contributed by atoms with Gasteiger partial charge in [-0.1, -0.05) is 20.8 Å². The van der Waals surface area contributed by atoms with Crippen LogP contribution in [0.5, 0.6) is 5.75 Å². The van der Waals surface area contributed by atoms with Gasteiger partial charge in [0, 0.05) is 6.54 Å². The Morgan fingerprint density at radius 2 is 2.14 bits per heavy atom. The second-order valence-corrected chi connectivity index (χ2v) is 4.40. The molecule has 1 rings (SSSR count). The predicted molar refractivity (Wildman–Crippen MR) is 50.3 cm³/mol. The number of rotatable bonds is 2. The van der Waals surface area contributed by atoms with Gasteiger partial charge in [-0.2, -0.15) is 5.10 Å². The second-order valence-electron chi connectivity index (χ2n) is 4.40. The number of carboxylic acids is 1. The van der Waals surface area contributed by atoms with E-state index in [0.29, 0.717) is 6.54 Å². The zero-order chi connectivity index (χ0) is 10.9. The van der Waals surface area contributed by atoms with Crippen molar-refractivity contribution < 1.29 is 15.0 Å². The molecule has 1 aromatic rings. The zero-order valence-corrected chi connectivity index (χ0v) is 8.48. The first-order valence-corrected chi connectivity index (χ1v) is 4.29. The summed E-state index contributed by atoms with van der Waals surface area (Å²) in [5, 5.41) is 21.9. The third-order valence-electron chi connectivity index (χ3n) is 1.65. The molecule has 0 aliphatic rings. The number of aromatic nitrogens is 2. The van der Waals surface area contributed by atoms with E-state index in [4.69, 9.17) is 5.11 Å². The van der Waals surface area contributed by atoms with Crippen molar-refractivity contribution in [1.82, 2.24) is 9.78 Å². The van der Waals surface area contributed by atoms with E-state index in [0.717, 1.165) is 6.20 Å². The molecule has 0 aliphatic heterocycles. The van der Waals surface area contributed by atoms with Crippen LogP contribution >= 0.6 is 0 Å². The van der Waals surface area contributed by atoms with Crippen LogP contribution in [0, 0.1) is 5.41 Å². The molecule has 0 saturated carbocycles. The van der Waals surface area contributed by atoms with Crippen molar-refractivity contribution in [3.63, 3.8) is 0 Å².